The van der Waals surface area contributed by atoms with Gasteiger partial charge in [-0.25, -0.2) is 4.79 Å². The van der Waals surface area contributed by atoms with E-state index in [2.05, 4.69) is 20.8 Å². The van der Waals surface area contributed by atoms with Crippen LogP contribution in [0.3, 0.4) is 0 Å². The predicted molar refractivity (Wildman–Crippen MR) is 86.0 cm³/mol. The van der Waals surface area contributed by atoms with Crippen molar-refractivity contribution in [1.29, 1.82) is 0 Å². The van der Waals surface area contributed by atoms with Crippen LogP contribution in [0.5, 0.6) is 11.5 Å². The molecule has 9 heteroatoms. The molecule has 0 radical (unpaired) electrons. The molecule has 1 aliphatic rings. The highest BCUT2D eigenvalue weighted by molar-refractivity contribution is 7.09. The second kappa shape index (κ2) is 6.20. The molecule has 24 heavy (non-hydrogen) atoms. The molecular formula is C15H12N4O4S. The highest BCUT2D eigenvalue weighted by Gasteiger charge is 2.17. The number of urea groups is 1. The van der Waals surface area contributed by atoms with Crippen LogP contribution in [0, 0.1) is 0 Å². The molecule has 3 heterocycles. The lowest BCUT2D eigenvalue weighted by Crippen LogP contribution is -2.27. The maximum Gasteiger partial charge on any atom is 0.324 e. The summed E-state index contributed by atoms with van der Waals surface area (Å²) in [4.78, 5) is 12.9. The van der Waals surface area contributed by atoms with Gasteiger partial charge in [-0.3, -0.25) is 5.32 Å². The Kier molecular flexibility index (Phi) is 3.75. The number of fused-ring (bicyclic) bond motifs is 1. The van der Waals surface area contributed by atoms with Gasteiger partial charge in [0, 0.05) is 10.4 Å². The zero-order valence-electron chi connectivity index (χ0n) is 12.3. The maximum absolute atomic E-state index is 11.8. The molecule has 1 aromatic carbocycles. The summed E-state index contributed by atoms with van der Waals surface area (Å²) in [6.45, 7) is 0.631. The van der Waals surface area contributed by atoms with Crippen LogP contribution in [-0.4, -0.2) is 23.0 Å². The Morgan fingerprint density at radius 1 is 1.21 bits per heavy atom. The minimum absolute atomic E-state index is 0.0198. The number of carbonyl (C=O) groups excluding carboxylic acids is 1. The smallest absolute Gasteiger partial charge is 0.324 e. The summed E-state index contributed by atoms with van der Waals surface area (Å²) >= 11 is 1.57. The standard InChI is InChI=1S/C15H12N4O4S/c20-14(16-7-10-2-1-5-24-10)17-15-19-18-13(23-15)9-3-4-11-12(6-9)22-8-21-11/h1-6H,7-8H2,(H2,16,17,19,20). The Balaban J connectivity index is 1.40. The van der Waals surface area contributed by atoms with Crippen LogP contribution in [0.4, 0.5) is 10.8 Å². The molecule has 0 unspecified atom stereocenters. The average Bonchev–Trinajstić information content (AvgIpc) is 3.33. The molecule has 3 aromatic rings. The van der Waals surface area contributed by atoms with Gasteiger partial charge in [0.15, 0.2) is 11.5 Å². The summed E-state index contributed by atoms with van der Waals surface area (Å²) < 4.78 is 16.0. The molecule has 0 bridgehead atoms. The Labute approximate surface area is 140 Å². The van der Waals surface area contributed by atoms with E-state index in [1.165, 1.54) is 0 Å². The first-order chi connectivity index (χ1) is 11.8. The van der Waals surface area contributed by atoms with Crippen LogP contribution in [0.1, 0.15) is 4.88 Å². The largest absolute Gasteiger partial charge is 0.454 e. The van der Waals surface area contributed by atoms with Crippen LogP contribution in [-0.2, 0) is 6.54 Å². The first kappa shape index (κ1) is 14.5. The highest BCUT2D eigenvalue weighted by atomic mass is 32.1. The average molecular weight is 344 g/mol. The highest BCUT2D eigenvalue weighted by Crippen LogP contribution is 2.35. The van der Waals surface area contributed by atoms with Gasteiger partial charge >= 0.3 is 12.0 Å². The number of hydrogen-bond acceptors (Lipinski definition) is 7. The summed E-state index contributed by atoms with van der Waals surface area (Å²) in [5.41, 5.74) is 0.679. The van der Waals surface area contributed by atoms with Crippen LogP contribution < -0.4 is 20.1 Å². The topological polar surface area (TPSA) is 98.5 Å². The molecule has 0 saturated carbocycles. The number of rotatable bonds is 4. The van der Waals surface area contributed by atoms with E-state index < -0.39 is 6.03 Å². The molecule has 8 nitrogen and oxygen atoms in total. The van der Waals surface area contributed by atoms with Crippen molar-refractivity contribution in [2.24, 2.45) is 0 Å². The minimum Gasteiger partial charge on any atom is -0.454 e. The molecule has 0 aliphatic carbocycles. The molecule has 2 amide bonds. The van der Waals surface area contributed by atoms with E-state index in [-0.39, 0.29) is 18.7 Å². The van der Waals surface area contributed by atoms with Crippen LogP contribution >= 0.6 is 11.3 Å². The molecule has 122 valence electrons. The zero-order valence-corrected chi connectivity index (χ0v) is 13.1. The predicted octanol–water partition coefficient (Wildman–Crippen LogP) is 2.85. The van der Waals surface area contributed by atoms with Gasteiger partial charge in [-0.05, 0) is 29.6 Å². The SMILES string of the molecule is O=C(NCc1cccs1)Nc1nnc(-c2ccc3c(c2)OCO3)o1. The van der Waals surface area contributed by atoms with Crippen molar-refractivity contribution in [1.82, 2.24) is 15.5 Å². The lowest BCUT2D eigenvalue weighted by Gasteiger charge is -2.02. The molecule has 0 atom stereocenters. The number of nitrogens with zero attached hydrogens (tertiary/aromatic N) is 2. The summed E-state index contributed by atoms with van der Waals surface area (Å²) in [5, 5.41) is 14.9. The number of aromatic nitrogens is 2. The molecule has 0 spiro atoms. The molecule has 2 aromatic heterocycles. The number of hydrogen-bond donors (Lipinski definition) is 2. The molecule has 2 N–H and O–H groups in total. The van der Waals surface area contributed by atoms with Gasteiger partial charge in [0.1, 0.15) is 0 Å². The minimum atomic E-state index is -0.413. The zero-order chi connectivity index (χ0) is 16.4. The first-order valence-electron chi connectivity index (χ1n) is 7.09. The number of benzene rings is 1. The second-order valence-corrected chi connectivity index (χ2v) is 5.90. The van der Waals surface area contributed by atoms with E-state index in [1.807, 2.05) is 17.5 Å². The molecule has 4 rings (SSSR count). The van der Waals surface area contributed by atoms with Crippen molar-refractivity contribution in [3.8, 4) is 23.0 Å². The van der Waals surface area contributed by atoms with Crippen molar-refractivity contribution in [2.45, 2.75) is 6.54 Å². The molecule has 0 saturated heterocycles. The first-order valence-corrected chi connectivity index (χ1v) is 7.97. The molecule has 0 fully saturated rings. The van der Waals surface area contributed by atoms with Crippen LogP contribution in [0.15, 0.2) is 40.1 Å². The second-order valence-electron chi connectivity index (χ2n) is 4.87. The van der Waals surface area contributed by atoms with E-state index >= 15 is 0 Å². The van der Waals surface area contributed by atoms with Crippen molar-refractivity contribution < 1.29 is 18.7 Å². The summed E-state index contributed by atoms with van der Waals surface area (Å²) in [6, 6.07) is 8.77. The Morgan fingerprint density at radius 3 is 3.00 bits per heavy atom. The number of nitrogens with one attached hydrogen (secondary N) is 2. The van der Waals surface area contributed by atoms with Gasteiger partial charge in [0.2, 0.25) is 12.7 Å². The third-order valence-corrected chi connectivity index (χ3v) is 4.14. The van der Waals surface area contributed by atoms with Gasteiger partial charge in [-0.15, -0.1) is 16.4 Å². The van der Waals surface area contributed by atoms with Crippen molar-refractivity contribution >= 4 is 23.4 Å². The summed E-state index contributed by atoms with van der Waals surface area (Å²) in [7, 11) is 0. The molecular weight excluding hydrogens is 332 g/mol. The summed E-state index contributed by atoms with van der Waals surface area (Å²) in [5.74, 6) is 1.57. The number of carbonyl (C=O) groups is 1. The van der Waals surface area contributed by atoms with Gasteiger partial charge in [0.25, 0.3) is 0 Å². The fourth-order valence-corrected chi connectivity index (χ4v) is 2.79. The fourth-order valence-electron chi connectivity index (χ4n) is 2.14. The maximum atomic E-state index is 11.8. The van der Waals surface area contributed by atoms with Gasteiger partial charge in [-0.1, -0.05) is 11.2 Å². The van der Waals surface area contributed by atoms with Crippen molar-refractivity contribution in [3.05, 3.63) is 40.6 Å². The summed E-state index contributed by atoms with van der Waals surface area (Å²) in [6.07, 6.45) is 0. The number of anilines is 1. The third-order valence-electron chi connectivity index (χ3n) is 3.27. The Morgan fingerprint density at radius 2 is 2.12 bits per heavy atom. The van der Waals surface area contributed by atoms with Crippen LogP contribution in [0.2, 0.25) is 0 Å². The Hall–Kier alpha value is -3.07. The number of ether oxygens (including phenoxy) is 2. The van der Waals surface area contributed by atoms with E-state index in [0.717, 1.165) is 4.88 Å². The van der Waals surface area contributed by atoms with Crippen molar-refractivity contribution in [3.63, 3.8) is 0 Å². The normalized spacial score (nSPS) is 12.2. The van der Waals surface area contributed by atoms with Crippen molar-refractivity contribution in [2.75, 3.05) is 12.1 Å². The molecule has 1 aliphatic heterocycles. The van der Waals surface area contributed by atoms with E-state index in [4.69, 9.17) is 13.9 Å². The van der Waals surface area contributed by atoms with E-state index in [1.54, 1.807) is 29.5 Å². The fraction of sp³-hybridized carbons (Fsp3) is 0.133. The monoisotopic (exact) mass is 344 g/mol. The number of amides is 2. The van der Waals surface area contributed by atoms with Gasteiger partial charge in [-0.2, -0.15) is 0 Å². The lowest BCUT2D eigenvalue weighted by molar-refractivity contribution is 0.174. The number of thiophene rings is 1. The third kappa shape index (κ3) is 3.01. The van der Waals surface area contributed by atoms with E-state index in [9.17, 15) is 4.79 Å². The van der Waals surface area contributed by atoms with Gasteiger partial charge < -0.3 is 19.2 Å². The Bertz CT molecular complexity index is 862. The van der Waals surface area contributed by atoms with Crippen LogP contribution in [0.25, 0.3) is 11.5 Å². The van der Waals surface area contributed by atoms with E-state index in [0.29, 0.717) is 23.6 Å². The van der Waals surface area contributed by atoms with Gasteiger partial charge in [0.05, 0.1) is 6.54 Å². The quantitative estimate of drug-likeness (QED) is 0.755. The lowest BCUT2D eigenvalue weighted by atomic mass is 10.2.